The highest BCUT2D eigenvalue weighted by Crippen LogP contribution is 2.34. The largest absolute Gasteiger partial charge is 0.326 e. The molecule has 2 N–H and O–H groups in total. The summed E-state index contributed by atoms with van der Waals surface area (Å²) in [5.41, 5.74) is 6.21. The molecule has 0 bridgehead atoms. The number of hydrogen-bond donors (Lipinski definition) is 1. The number of nitrogens with two attached hydrogens (primary N) is 1. The van der Waals surface area contributed by atoms with E-state index < -0.39 is 0 Å². The Morgan fingerprint density at radius 3 is 2.94 bits per heavy atom. The average molecular weight is 305 g/mol. The zero-order valence-corrected chi connectivity index (χ0v) is 11.8. The molecule has 1 fully saturated rings. The van der Waals surface area contributed by atoms with Gasteiger partial charge in [-0.05, 0) is 40.9 Å². The van der Waals surface area contributed by atoms with Crippen molar-refractivity contribution in [1.82, 2.24) is 5.06 Å². The second-order valence-electron chi connectivity index (χ2n) is 3.99. The first kappa shape index (κ1) is 12.5. The van der Waals surface area contributed by atoms with Crippen molar-refractivity contribution < 1.29 is 4.84 Å². The summed E-state index contributed by atoms with van der Waals surface area (Å²) in [5, 5.41) is 2.05. The van der Waals surface area contributed by atoms with E-state index >= 15 is 0 Å². The van der Waals surface area contributed by atoms with Crippen molar-refractivity contribution in [3.05, 3.63) is 20.8 Å². The summed E-state index contributed by atoms with van der Waals surface area (Å²) in [6, 6.07) is 4.54. The summed E-state index contributed by atoms with van der Waals surface area (Å²) in [6.07, 6.45) is 2.06. The van der Waals surface area contributed by atoms with Gasteiger partial charge >= 0.3 is 0 Å². The monoisotopic (exact) mass is 304 g/mol. The van der Waals surface area contributed by atoms with Crippen molar-refractivity contribution in [2.75, 3.05) is 13.2 Å². The van der Waals surface area contributed by atoms with E-state index in [2.05, 4.69) is 35.0 Å². The Morgan fingerprint density at radius 1 is 1.62 bits per heavy atom. The average Bonchev–Trinajstić information content (AvgIpc) is 2.91. The lowest BCUT2D eigenvalue weighted by molar-refractivity contribution is -0.147. The zero-order valence-electron chi connectivity index (χ0n) is 9.36. The third-order valence-corrected chi connectivity index (χ3v) is 4.55. The third kappa shape index (κ3) is 2.65. The molecule has 0 aromatic carbocycles. The second-order valence-corrected chi connectivity index (χ2v) is 6.48. The van der Waals surface area contributed by atoms with Crippen LogP contribution in [0.25, 0.3) is 0 Å². The number of nitrogens with zero attached hydrogens (tertiary/aromatic N) is 1. The zero-order chi connectivity index (χ0) is 11.5. The maximum Gasteiger partial charge on any atom is 0.0845 e. The highest BCUT2D eigenvalue weighted by molar-refractivity contribution is 9.11. The molecule has 0 aliphatic carbocycles. The fourth-order valence-corrected chi connectivity index (χ4v) is 3.57. The Hall–Kier alpha value is 0.0600. The van der Waals surface area contributed by atoms with Crippen molar-refractivity contribution in [1.29, 1.82) is 0 Å². The van der Waals surface area contributed by atoms with Crippen LogP contribution >= 0.6 is 27.3 Å². The summed E-state index contributed by atoms with van der Waals surface area (Å²) < 4.78 is 1.15. The quantitative estimate of drug-likeness (QED) is 0.929. The lowest BCUT2D eigenvalue weighted by Crippen LogP contribution is -2.38. The second kappa shape index (κ2) is 5.60. The van der Waals surface area contributed by atoms with Crippen LogP contribution in [-0.2, 0) is 4.84 Å². The van der Waals surface area contributed by atoms with E-state index in [0.29, 0.717) is 0 Å². The van der Waals surface area contributed by atoms with Crippen LogP contribution in [0.5, 0.6) is 0 Å². The summed E-state index contributed by atoms with van der Waals surface area (Å²) >= 11 is 5.24. The fraction of sp³-hybridized carbons (Fsp3) is 0.636. The van der Waals surface area contributed by atoms with E-state index in [4.69, 9.17) is 10.6 Å². The van der Waals surface area contributed by atoms with Crippen molar-refractivity contribution in [2.45, 2.75) is 31.8 Å². The number of halogens is 1. The van der Waals surface area contributed by atoms with E-state index in [0.717, 1.165) is 29.8 Å². The third-order valence-electron chi connectivity index (χ3n) is 2.85. The topological polar surface area (TPSA) is 38.5 Å². The van der Waals surface area contributed by atoms with Gasteiger partial charge in [-0.1, -0.05) is 6.92 Å². The molecule has 90 valence electrons. The first-order chi connectivity index (χ1) is 7.72. The fourth-order valence-electron chi connectivity index (χ4n) is 1.96. The minimum atomic E-state index is 0.128. The molecule has 0 saturated carbocycles. The van der Waals surface area contributed by atoms with Gasteiger partial charge in [0.2, 0.25) is 0 Å². The van der Waals surface area contributed by atoms with Gasteiger partial charge in [0.25, 0.3) is 0 Å². The molecule has 0 amide bonds. The first-order valence-electron chi connectivity index (χ1n) is 5.62. The molecule has 3 nitrogen and oxygen atoms in total. The van der Waals surface area contributed by atoms with Gasteiger partial charge in [0.15, 0.2) is 0 Å². The molecule has 1 saturated heterocycles. The van der Waals surface area contributed by atoms with Crippen molar-refractivity contribution in [2.24, 2.45) is 5.73 Å². The number of hydrogen-bond acceptors (Lipinski definition) is 4. The van der Waals surface area contributed by atoms with Crippen LogP contribution in [0.1, 0.15) is 30.7 Å². The predicted octanol–water partition coefficient (Wildman–Crippen LogP) is 2.93. The number of hydroxylamine groups is 2. The Labute approximate surface area is 109 Å². The van der Waals surface area contributed by atoms with Gasteiger partial charge in [-0.15, -0.1) is 11.3 Å². The van der Waals surface area contributed by atoms with Crippen molar-refractivity contribution >= 4 is 27.3 Å². The lowest BCUT2D eigenvalue weighted by Gasteiger charge is -2.29. The van der Waals surface area contributed by atoms with E-state index in [-0.39, 0.29) is 12.1 Å². The SMILES string of the molecule is CCC(N)C(c1ccc(Br)s1)N1CCCO1. The number of rotatable bonds is 4. The molecule has 2 atom stereocenters. The predicted molar refractivity (Wildman–Crippen MR) is 70.3 cm³/mol. The highest BCUT2D eigenvalue weighted by Gasteiger charge is 2.30. The van der Waals surface area contributed by atoms with Crippen LogP contribution in [0, 0.1) is 0 Å². The molecule has 5 heteroatoms. The minimum absolute atomic E-state index is 0.128. The maximum atomic E-state index is 6.21. The normalized spacial score (nSPS) is 21.2. The van der Waals surface area contributed by atoms with Gasteiger partial charge < -0.3 is 5.73 Å². The standard InChI is InChI=1S/C11H17BrN2OS/c1-2-8(13)11(14-6-3-7-15-14)9-4-5-10(12)16-9/h4-5,8,11H,2-3,6-7,13H2,1H3. The number of thiophene rings is 1. The molecule has 1 aromatic rings. The minimum Gasteiger partial charge on any atom is -0.326 e. The van der Waals surface area contributed by atoms with Crippen LogP contribution < -0.4 is 5.73 Å². The molecule has 16 heavy (non-hydrogen) atoms. The summed E-state index contributed by atoms with van der Waals surface area (Å²) in [5.74, 6) is 0. The molecule has 0 spiro atoms. The molecule has 2 heterocycles. The molecule has 1 aliphatic heterocycles. The van der Waals surface area contributed by atoms with Crippen LogP contribution in [0.4, 0.5) is 0 Å². The first-order valence-corrected chi connectivity index (χ1v) is 7.23. The van der Waals surface area contributed by atoms with Gasteiger partial charge in [-0.3, -0.25) is 4.84 Å². The Bertz CT molecular complexity index is 338. The Balaban J connectivity index is 2.19. The van der Waals surface area contributed by atoms with Crippen molar-refractivity contribution in [3.63, 3.8) is 0 Å². The summed E-state index contributed by atoms with van der Waals surface area (Å²) in [7, 11) is 0. The van der Waals surface area contributed by atoms with Crippen LogP contribution in [0.15, 0.2) is 15.9 Å². The van der Waals surface area contributed by atoms with E-state index in [1.165, 1.54) is 4.88 Å². The molecular weight excluding hydrogens is 288 g/mol. The van der Waals surface area contributed by atoms with Gasteiger partial charge in [0.1, 0.15) is 0 Å². The highest BCUT2D eigenvalue weighted by atomic mass is 79.9. The molecule has 0 radical (unpaired) electrons. The van der Waals surface area contributed by atoms with Gasteiger partial charge in [0, 0.05) is 17.5 Å². The molecule has 1 aliphatic rings. The molecule has 1 aromatic heterocycles. The smallest absolute Gasteiger partial charge is 0.0845 e. The van der Waals surface area contributed by atoms with E-state index in [1.807, 2.05) is 5.06 Å². The molecule has 2 rings (SSSR count). The van der Waals surface area contributed by atoms with E-state index in [1.54, 1.807) is 11.3 Å². The Kier molecular flexibility index (Phi) is 4.38. The maximum absolute atomic E-state index is 6.21. The summed E-state index contributed by atoms with van der Waals surface area (Å²) in [4.78, 5) is 6.93. The lowest BCUT2D eigenvalue weighted by atomic mass is 10.0. The molecule has 2 unspecified atom stereocenters. The van der Waals surface area contributed by atoms with Gasteiger partial charge in [-0.25, -0.2) is 0 Å². The van der Waals surface area contributed by atoms with Crippen LogP contribution in [0.3, 0.4) is 0 Å². The molecular formula is C11H17BrN2OS. The van der Waals surface area contributed by atoms with Crippen LogP contribution in [-0.4, -0.2) is 24.3 Å². The van der Waals surface area contributed by atoms with E-state index in [9.17, 15) is 0 Å². The van der Waals surface area contributed by atoms with Crippen molar-refractivity contribution in [3.8, 4) is 0 Å². The van der Waals surface area contributed by atoms with Gasteiger partial charge in [-0.2, -0.15) is 5.06 Å². The summed E-state index contributed by atoms with van der Waals surface area (Å²) in [6.45, 7) is 3.92. The van der Waals surface area contributed by atoms with Gasteiger partial charge in [0.05, 0.1) is 16.4 Å². The van der Waals surface area contributed by atoms with Crippen LogP contribution in [0.2, 0.25) is 0 Å². The Morgan fingerprint density at radius 2 is 2.44 bits per heavy atom.